The van der Waals surface area contributed by atoms with Gasteiger partial charge in [-0.1, -0.05) is 0 Å². The van der Waals surface area contributed by atoms with Gasteiger partial charge in [-0.3, -0.25) is 0 Å². The highest BCUT2D eigenvalue weighted by molar-refractivity contribution is 5.52. The average Bonchev–Trinajstić information content (AvgIpc) is 2.09. The van der Waals surface area contributed by atoms with Crippen molar-refractivity contribution in [2.75, 3.05) is 12.3 Å². The van der Waals surface area contributed by atoms with Crippen LogP contribution in [0.3, 0.4) is 0 Å². The van der Waals surface area contributed by atoms with Crippen molar-refractivity contribution in [3.63, 3.8) is 0 Å². The van der Waals surface area contributed by atoms with Crippen molar-refractivity contribution in [2.24, 2.45) is 5.73 Å². The summed E-state index contributed by atoms with van der Waals surface area (Å²) in [6.45, 7) is 2.22. The van der Waals surface area contributed by atoms with Crippen LogP contribution in [0.5, 0.6) is 5.75 Å². The van der Waals surface area contributed by atoms with Crippen molar-refractivity contribution >= 4 is 5.69 Å². The lowest BCUT2D eigenvalue weighted by molar-refractivity contribution is 0.231. The van der Waals surface area contributed by atoms with Crippen molar-refractivity contribution in [3.8, 4) is 5.75 Å². The van der Waals surface area contributed by atoms with Crippen molar-refractivity contribution in [1.82, 2.24) is 0 Å². The molecule has 0 fully saturated rings. The van der Waals surface area contributed by atoms with E-state index in [-0.39, 0.29) is 11.9 Å². The third kappa shape index (κ3) is 2.59. The molecule has 0 aliphatic heterocycles. The number of hydrogen-bond donors (Lipinski definition) is 2. The lowest BCUT2D eigenvalue weighted by atomic mass is 10.3. The van der Waals surface area contributed by atoms with E-state index in [1.54, 1.807) is 0 Å². The predicted octanol–water partition coefficient (Wildman–Crippen LogP) is 1.13. The Morgan fingerprint density at radius 2 is 2.23 bits per heavy atom. The van der Waals surface area contributed by atoms with E-state index >= 15 is 0 Å². The first-order valence-electron chi connectivity index (χ1n) is 4.05. The van der Waals surface area contributed by atoms with Crippen LogP contribution in [-0.4, -0.2) is 12.6 Å². The monoisotopic (exact) mass is 184 g/mol. The van der Waals surface area contributed by atoms with Crippen LogP contribution in [0.2, 0.25) is 0 Å². The van der Waals surface area contributed by atoms with E-state index in [0.29, 0.717) is 18.0 Å². The third-order valence-electron chi connectivity index (χ3n) is 1.63. The predicted molar refractivity (Wildman–Crippen MR) is 50.0 cm³/mol. The Bertz CT molecular complexity index is 291. The second-order valence-electron chi connectivity index (χ2n) is 2.85. The Hall–Kier alpha value is -1.29. The molecular formula is C9H13FN2O. The molecule has 72 valence electrons. The fourth-order valence-corrected chi connectivity index (χ4v) is 0.892. The van der Waals surface area contributed by atoms with Crippen molar-refractivity contribution in [2.45, 2.75) is 13.0 Å². The third-order valence-corrected chi connectivity index (χ3v) is 1.63. The van der Waals surface area contributed by atoms with Gasteiger partial charge < -0.3 is 16.2 Å². The van der Waals surface area contributed by atoms with E-state index in [1.807, 2.05) is 6.92 Å². The van der Waals surface area contributed by atoms with Crippen molar-refractivity contribution < 1.29 is 9.13 Å². The SMILES string of the molecule is CC(CN)Oc1ccc(F)cc1N. The highest BCUT2D eigenvalue weighted by atomic mass is 19.1. The molecule has 0 radical (unpaired) electrons. The number of nitrogens with two attached hydrogens (primary N) is 2. The van der Waals surface area contributed by atoms with Gasteiger partial charge in [-0.05, 0) is 19.1 Å². The number of hydrogen-bond acceptors (Lipinski definition) is 3. The van der Waals surface area contributed by atoms with Gasteiger partial charge in [0.1, 0.15) is 17.7 Å². The van der Waals surface area contributed by atoms with Gasteiger partial charge in [-0.2, -0.15) is 0 Å². The van der Waals surface area contributed by atoms with Gasteiger partial charge in [0, 0.05) is 12.6 Å². The van der Waals surface area contributed by atoms with E-state index in [2.05, 4.69) is 0 Å². The van der Waals surface area contributed by atoms with E-state index < -0.39 is 0 Å². The molecule has 1 aromatic carbocycles. The minimum atomic E-state index is -0.370. The molecule has 0 spiro atoms. The van der Waals surface area contributed by atoms with E-state index in [1.165, 1.54) is 18.2 Å². The molecule has 0 bridgehead atoms. The topological polar surface area (TPSA) is 61.3 Å². The van der Waals surface area contributed by atoms with Crippen LogP contribution in [0.4, 0.5) is 10.1 Å². The van der Waals surface area contributed by atoms with E-state index in [0.717, 1.165) is 0 Å². The zero-order chi connectivity index (χ0) is 9.84. The number of nitrogen functional groups attached to an aromatic ring is 1. The minimum Gasteiger partial charge on any atom is -0.487 e. The second-order valence-corrected chi connectivity index (χ2v) is 2.85. The van der Waals surface area contributed by atoms with Gasteiger partial charge in [0.2, 0.25) is 0 Å². The molecule has 0 aromatic heterocycles. The standard InChI is InChI=1S/C9H13FN2O/c1-6(5-11)13-9-3-2-7(10)4-8(9)12/h2-4,6H,5,11-12H2,1H3. The summed E-state index contributed by atoms with van der Waals surface area (Å²) in [6, 6.07) is 4.02. The van der Waals surface area contributed by atoms with Crippen LogP contribution in [0.15, 0.2) is 18.2 Å². The Labute approximate surface area is 76.5 Å². The summed E-state index contributed by atoms with van der Waals surface area (Å²) in [5.41, 5.74) is 11.2. The first kappa shape index (κ1) is 9.80. The molecule has 0 heterocycles. The Morgan fingerprint density at radius 1 is 1.54 bits per heavy atom. The number of halogens is 1. The average molecular weight is 184 g/mol. The van der Waals surface area contributed by atoms with Crippen LogP contribution in [0.1, 0.15) is 6.92 Å². The quantitative estimate of drug-likeness (QED) is 0.692. The summed E-state index contributed by atoms with van der Waals surface area (Å²) in [6.07, 6.45) is -0.118. The molecule has 13 heavy (non-hydrogen) atoms. The molecule has 1 rings (SSSR count). The lowest BCUT2D eigenvalue weighted by Crippen LogP contribution is -2.23. The van der Waals surface area contributed by atoms with Gasteiger partial charge in [-0.15, -0.1) is 0 Å². The first-order valence-corrected chi connectivity index (χ1v) is 4.05. The maximum atomic E-state index is 12.6. The summed E-state index contributed by atoms with van der Waals surface area (Å²) >= 11 is 0. The van der Waals surface area contributed by atoms with E-state index in [9.17, 15) is 4.39 Å². The molecule has 0 saturated heterocycles. The number of anilines is 1. The number of benzene rings is 1. The van der Waals surface area contributed by atoms with Crippen LogP contribution in [0.25, 0.3) is 0 Å². The summed E-state index contributed by atoms with van der Waals surface area (Å²) in [7, 11) is 0. The zero-order valence-corrected chi connectivity index (χ0v) is 7.46. The molecule has 3 nitrogen and oxygen atoms in total. The highest BCUT2D eigenvalue weighted by Crippen LogP contribution is 2.22. The fourth-order valence-electron chi connectivity index (χ4n) is 0.892. The Morgan fingerprint density at radius 3 is 2.77 bits per heavy atom. The normalized spacial score (nSPS) is 12.5. The molecule has 0 aliphatic rings. The lowest BCUT2D eigenvalue weighted by Gasteiger charge is -2.13. The van der Waals surface area contributed by atoms with Gasteiger partial charge in [-0.25, -0.2) is 4.39 Å². The molecule has 4 N–H and O–H groups in total. The largest absolute Gasteiger partial charge is 0.487 e. The Balaban J connectivity index is 2.77. The molecule has 0 saturated carbocycles. The molecular weight excluding hydrogens is 171 g/mol. The molecule has 4 heteroatoms. The molecule has 0 amide bonds. The maximum absolute atomic E-state index is 12.6. The van der Waals surface area contributed by atoms with Gasteiger partial charge in [0.15, 0.2) is 0 Å². The highest BCUT2D eigenvalue weighted by Gasteiger charge is 2.05. The first-order chi connectivity index (χ1) is 6.13. The van der Waals surface area contributed by atoms with Gasteiger partial charge >= 0.3 is 0 Å². The Kier molecular flexibility index (Phi) is 3.08. The summed E-state index contributed by atoms with van der Waals surface area (Å²) in [5, 5.41) is 0. The fraction of sp³-hybridized carbons (Fsp3) is 0.333. The van der Waals surface area contributed by atoms with Crippen LogP contribution in [0, 0.1) is 5.82 Å². The van der Waals surface area contributed by atoms with Crippen molar-refractivity contribution in [1.29, 1.82) is 0 Å². The van der Waals surface area contributed by atoms with Gasteiger partial charge in [0.05, 0.1) is 5.69 Å². The zero-order valence-electron chi connectivity index (χ0n) is 7.46. The van der Waals surface area contributed by atoms with E-state index in [4.69, 9.17) is 16.2 Å². The van der Waals surface area contributed by atoms with Crippen LogP contribution < -0.4 is 16.2 Å². The van der Waals surface area contributed by atoms with Crippen molar-refractivity contribution in [3.05, 3.63) is 24.0 Å². The molecule has 0 aliphatic carbocycles. The molecule has 1 aromatic rings. The van der Waals surface area contributed by atoms with Crippen LogP contribution in [-0.2, 0) is 0 Å². The maximum Gasteiger partial charge on any atom is 0.142 e. The summed E-state index contributed by atoms with van der Waals surface area (Å²) in [5.74, 6) is 0.101. The molecule has 1 unspecified atom stereocenters. The van der Waals surface area contributed by atoms with Gasteiger partial charge in [0.25, 0.3) is 0 Å². The number of rotatable bonds is 3. The molecule has 1 atom stereocenters. The van der Waals surface area contributed by atoms with Crippen LogP contribution >= 0.6 is 0 Å². The minimum absolute atomic E-state index is 0.118. The number of ether oxygens (including phenoxy) is 1. The smallest absolute Gasteiger partial charge is 0.142 e. The summed E-state index contributed by atoms with van der Waals surface area (Å²) < 4.78 is 17.9. The second kappa shape index (κ2) is 4.09. The summed E-state index contributed by atoms with van der Waals surface area (Å²) in [4.78, 5) is 0.